The van der Waals surface area contributed by atoms with Crippen LogP contribution in [0.25, 0.3) is 0 Å². The molecular formula is C29H50N4O14. The summed E-state index contributed by atoms with van der Waals surface area (Å²) in [6.07, 6.45) is -0.467. The Kier molecular flexibility index (Phi) is 23.8. The fourth-order valence-corrected chi connectivity index (χ4v) is 3.37. The van der Waals surface area contributed by atoms with Crippen LogP contribution < -0.4 is 10.6 Å². The van der Waals surface area contributed by atoms with Crippen LogP contribution in [0.15, 0.2) is 18.2 Å². The Morgan fingerprint density at radius 2 is 1.00 bits per heavy atom. The Balaban J connectivity index is 1.77. The summed E-state index contributed by atoms with van der Waals surface area (Å²) in [6.45, 7) is 12.6. The monoisotopic (exact) mass is 678 g/mol. The zero-order valence-electron chi connectivity index (χ0n) is 27.6. The molecule has 18 nitrogen and oxygen atoms in total. The van der Waals surface area contributed by atoms with E-state index in [0.29, 0.717) is 106 Å². The molecule has 0 fully saturated rings. The van der Waals surface area contributed by atoms with Gasteiger partial charge in [0.1, 0.15) is 11.3 Å². The summed E-state index contributed by atoms with van der Waals surface area (Å²) < 4.78 is 48.5. The third-order valence-corrected chi connectivity index (χ3v) is 5.47. The maximum Gasteiger partial charge on any atom is 0.407 e. The molecule has 0 unspecified atom stereocenters. The van der Waals surface area contributed by atoms with Gasteiger partial charge in [0.05, 0.1) is 122 Å². The molecule has 1 amide bonds. The number of alkyl carbamates (subject to hydrolysis) is 1. The molecule has 0 aliphatic rings. The quantitative estimate of drug-likeness (QED) is 0.0680. The van der Waals surface area contributed by atoms with Crippen molar-refractivity contribution in [3.05, 3.63) is 38.4 Å². The molecule has 1 aromatic carbocycles. The Hall–Kier alpha value is -3.23. The van der Waals surface area contributed by atoms with Crippen molar-refractivity contribution in [3.63, 3.8) is 0 Å². The number of benzene rings is 1. The normalized spacial score (nSPS) is 11.4. The number of nitro groups is 2. The van der Waals surface area contributed by atoms with Gasteiger partial charge < -0.3 is 53.3 Å². The van der Waals surface area contributed by atoms with Crippen LogP contribution in [-0.2, 0) is 42.6 Å². The predicted octanol–water partition coefficient (Wildman–Crippen LogP) is 2.57. The lowest BCUT2D eigenvalue weighted by molar-refractivity contribution is -0.393. The molecule has 2 N–H and O–H groups in total. The number of nitrogens with zero attached hydrogens (tertiary/aromatic N) is 2. The van der Waals surface area contributed by atoms with Crippen LogP contribution in [0.4, 0.5) is 21.9 Å². The number of nitrogens with one attached hydrogen (secondary N) is 2. The lowest BCUT2D eigenvalue weighted by atomic mass is 10.2. The van der Waals surface area contributed by atoms with Crippen molar-refractivity contribution >= 4 is 23.2 Å². The average molecular weight is 679 g/mol. The number of anilines is 1. The van der Waals surface area contributed by atoms with Crippen LogP contribution in [-0.4, -0.2) is 140 Å². The molecule has 0 heterocycles. The number of non-ortho nitro benzene ring substituents is 1. The second-order valence-corrected chi connectivity index (χ2v) is 10.5. The molecule has 0 aliphatic heterocycles. The second kappa shape index (κ2) is 26.8. The summed E-state index contributed by atoms with van der Waals surface area (Å²) in [5, 5.41) is 27.4. The van der Waals surface area contributed by atoms with Gasteiger partial charge in [0.2, 0.25) is 0 Å². The van der Waals surface area contributed by atoms with Gasteiger partial charge in [0.15, 0.2) is 0 Å². The first-order chi connectivity index (χ1) is 22.6. The van der Waals surface area contributed by atoms with E-state index in [-0.39, 0.29) is 30.2 Å². The Morgan fingerprint density at radius 1 is 0.617 bits per heavy atom. The van der Waals surface area contributed by atoms with Crippen LogP contribution in [0.2, 0.25) is 0 Å². The SMILES string of the molecule is CC(C)(C)OC(=O)NCCOCCOCCOCCOCCOCCOCCOCCOCCNc1ccc([N+](=O)[O-])cc1[N+](=O)[O-]. The molecule has 0 spiro atoms. The largest absolute Gasteiger partial charge is 0.444 e. The summed E-state index contributed by atoms with van der Waals surface area (Å²) in [5.41, 5.74) is -1.06. The Bertz CT molecular complexity index is 996. The highest BCUT2D eigenvalue weighted by Crippen LogP contribution is 2.28. The van der Waals surface area contributed by atoms with Gasteiger partial charge in [-0.05, 0) is 26.8 Å². The van der Waals surface area contributed by atoms with E-state index in [2.05, 4.69) is 10.6 Å². The summed E-state index contributed by atoms with van der Waals surface area (Å²) in [6, 6.07) is 3.42. The van der Waals surface area contributed by atoms with Crippen LogP contribution in [0.3, 0.4) is 0 Å². The molecule has 0 saturated heterocycles. The highest BCUT2D eigenvalue weighted by molar-refractivity contribution is 5.67. The van der Waals surface area contributed by atoms with E-state index >= 15 is 0 Å². The number of hydrogen-bond acceptors (Lipinski definition) is 15. The van der Waals surface area contributed by atoms with Gasteiger partial charge in [-0.3, -0.25) is 20.2 Å². The van der Waals surface area contributed by atoms with Crippen molar-refractivity contribution in [2.45, 2.75) is 26.4 Å². The maximum atomic E-state index is 11.5. The first-order valence-electron chi connectivity index (χ1n) is 15.4. The minimum absolute atomic E-state index is 0.182. The van der Waals surface area contributed by atoms with Gasteiger partial charge in [0, 0.05) is 19.2 Å². The van der Waals surface area contributed by atoms with E-state index < -0.39 is 21.5 Å². The topological polar surface area (TPSA) is 210 Å². The minimum atomic E-state index is -0.684. The number of carbonyl (C=O) groups is 1. The first kappa shape index (κ1) is 41.8. The van der Waals surface area contributed by atoms with Crippen LogP contribution >= 0.6 is 0 Å². The molecule has 1 aromatic rings. The number of rotatable bonds is 30. The van der Waals surface area contributed by atoms with Gasteiger partial charge in [-0.25, -0.2) is 4.79 Å². The third-order valence-electron chi connectivity index (χ3n) is 5.47. The lowest BCUT2D eigenvalue weighted by Crippen LogP contribution is -2.34. The summed E-state index contributed by atoms with van der Waals surface area (Å²) >= 11 is 0. The van der Waals surface area contributed by atoms with Crippen molar-refractivity contribution in [1.82, 2.24) is 5.32 Å². The zero-order valence-corrected chi connectivity index (χ0v) is 27.6. The van der Waals surface area contributed by atoms with Gasteiger partial charge in [-0.1, -0.05) is 0 Å². The number of amides is 1. The highest BCUT2D eigenvalue weighted by Gasteiger charge is 2.19. The van der Waals surface area contributed by atoms with E-state index in [9.17, 15) is 25.0 Å². The van der Waals surface area contributed by atoms with Gasteiger partial charge in [-0.15, -0.1) is 0 Å². The van der Waals surface area contributed by atoms with Crippen LogP contribution in [0.5, 0.6) is 0 Å². The summed E-state index contributed by atoms with van der Waals surface area (Å²) in [5.74, 6) is 0. The molecular weight excluding hydrogens is 628 g/mol. The second-order valence-electron chi connectivity index (χ2n) is 10.5. The molecule has 0 atom stereocenters. The van der Waals surface area contributed by atoms with Gasteiger partial charge in [0.25, 0.3) is 11.4 Å². The maximum absolute atomic E-state index is 11.5. The van der Waals surface area contributed by atoms with Crippen LogP contribution in [0.1, 0.15) is 20.8 Å². The molecule has 0 saturated carbocycles. The molecule has 270 valence electrons. The molecule has 0 radical (unpaired) electrons. The average Bonchev–Trinajstić information content (AvgIpc) is 3.01. The smallest absolute Gasteiger partial charge is 0.407 e. The van der Waals surface area contributed by atoms with Crippen molar-refractivity contribution in [2.24, 2.45) is 0 Å². The Morgan fingerprint density at radius 3 is 1.36 bits per heavy atom. The fraction of sp³-hybridized carbons (Fsp3) is 0.759. The van der Waals surface area contributed by atoms with Crippen molar-refractivity contribution < 1.29 is 57.3 Å². The first-order valence-corrected chi connectivity index (χ1v) is 15.4. The van der Waals surface area contributed by atoms with Crippen molar-refractivity contribution in [3.8, 4) is 0 Å². The zero-order chi connectivity index (χ0) is 34.6. The Labute approximate surface area is 274 Å². The molecule has 0 bridgehead atoms. The van der Waals surface area contributed by atoms with E-state index in [0.717, 1.165) is 6.07 Å². The summed E-state index contributed by atoms with van der Waals surface area (Å²) in [4.78, 5) is 32.0. The highest BCUT2D eigenvalue weighted by atomic mass is 16.6. The third kappa shape index (κ3) is 24.6. The number of hydrogen-bond donors (Lipinski definition) is 2. The minimum Gasteiger partial charge on any atom is -0.444 e. The van der Waals surface area contributed by atoms with E-state index in [4.69, 9.17) is 42.6 Å². The van der Waals surface area contributed by atoms with Gasteiger partial charge >= 0.3 is 6.09 Å². The van der Waals surface area contributed by atoms with E-state index in [1.54, 1.807) is 20.8 Å². The van der Waals surface area contributed by atoms with E-state index in [1.165, 1.54) is 12.1 Å². The van der Waals surface area contributed by atoms with E-state index in [1.807, 2.05) is 0 Å². The number of carbonyl (C=O) groups excluding carboxylic acids is 1. The summed E-state index contributed by atoms with van der Waals surface area (Å²) in [7, 11) is 0. The fourth-order valence-electron chi connectivity index (χ4n) is 3.37. The van der Waals surface area contributed by atoms with Crippen molar-refractivity contribution in [2.75, 3.05) is 124 Å². The molecule has 0 aromatic heterocycles. The molecule has 18 heteroatoms. The standard InChI is InChI=1S/C29H50N4O14/c1-29(2,3)47-28(34)31-7-9-40-11-13-42-15-17-44-19-21-46-23-22-45-20-18-43-16-14-41-12-10-39-8-6-30-26-5-4-25(32(35)36)24-27(26)33(37)38/h4-5,24,30H,6-23H2,1-3H3,(H,31,34). The molecule has 1 rings (SSSR count). The molecule has 0 aliphatic carbocycles. The predicted molar refractivity (Wildman–Crippen MR) is 169 cm³/mol. The number of nitro benzene ring substituents is 2. The van der Waals surface area contributed by atoms with Crippen molar-refractivity contribution in [1.29, 1.82) is 0 Å². The lowest BCUT2D eigenvalue weighted by Gasteiger charge is -2.19. The number of ether oxygens (including phenoxy) is 9. The van der Waals surface area contributed by atoms with Gasteiger partial charge in [-0.2, -0.15) is 0 Å². The molecule has 47 heavy (non-hydrogen) atoms. The van der Waals surface area contributed by atoms with Crippen LogP contribution in [0, 0.1) is 20.2 Å².